The second-order valence-corrected chi connectivity index (χ2v) is 10.3. The van der Waals surface area contributed by atoms with Crippen molar-refractivity contribution in [2.75, 3.05) is 20.2 Å². The fraction of sp³-hybridized carbons (Fsp3) is 0.419. The molecule has 3 aromatic carbocycles. The van der Waals surface area contributed by atoms with E-state index in [1.165, 1.54) is 48.2 Å². The Bertz CT molecular complexity index is 1020. The maximum Gasteiger partial charge on any atom is 0.123 e. The van der Waals surface area contributed by atoms with Crippen molar-refractivity contribution in [3.05, 3.63) is 101 Å². The predicted molar refractivity (Wildman–Crippen MR) is 141 cm³/mol. The van der Waals surface area contributed by atoms with Crippen LogP contribution < -0.4 is 10.1 Å². The van der Waals surface area contributed by atoms with E-state index in [2.05, 4.69) is 103 Å². The Kier molecular flexibility index (Phi) is 7.03. The number of nitrogens with one attached hydrogen (secondary N) is 1. The lowest BCUT2D eigenvalue weighted by Gasteiger charge is -2.54. The zero-order valence-electron chi connectivity index (χ0n) is 20.8. The van der Waals surface area contributed by atoms with Gasteiger partial charge in [-0.1, -0.05) is 86.6 Å². The summed E-state index contributed by atoms with van der Waals surface area (Å²) >= 11 is 0. The molecule has 3 saturated heterocycles. The number of nitrogens with zero attached hydrogens (tertiary/aromatic N) is 1. The number of fused-ring (bicyclic) bond motifs is 3. The van der Waals surface area contributed by atoms with Gasteiger partial charge in [0, 0.05) is 30.1 Å². The normalized spacial score (nSPS) is 24.0. The molecule has 2 bridgehead atoms. The van der Waals surface area contributed by atoms with Crippen molar-refractivity contribution in [1.82, 2.24) is 10.2 Å². The molecule has 3 heteroatoms. The Balaban J connectivity index is 1.48. The fourth-order valence-electron chi connectivity index (χ4n) is 6.22. The molecular weight excluding hydrogens is 416 g/mol. The third kappa shape index (κ3) is 4.64. The average molecular weight is 455 g/mol. The molecule has 178 valence electrons. The van der Waals surface area contributed by atoms with Crippen LogP contribution in [0.1, 0.15) is 60.8 Å². The van der Waals surface area contributed by atoms with E-state index in [1.807, 2.05) is 0 Å². The number of rotatable bonds is 8. The first-order valence-electron chi connectivity index (χ1n) is 12.9. The zero-order chi connectivity index (χ0) is 23.5. The van der Waals surface area contributed by atoms with Crippen LogP contribution in [0.15, 0.2) is 78.9 Å². The van der Waals surface area contributed by atoms with Crippen molar-refractivity contribution in [3.63, 3.8) is 0 Å². The molecule has 0 saturated carbocycles. The summed E-state index contributed by atoms with van der Waals surface area (Å²) in [6.45, 7) is 7.76. The number of benzene rings is 3. The second kappa shape index (κ2) is 10.3. The number of ether oxygens (including phenoxy) is 1. The molecule has 3 fully saturated rings. The lowest BCUT2D eigenvalue weighted by molar-refractivity contribution is 0.00462. The fourth-order valence-corrected chi connectivity index (χ4v) is 6.22. The van der Waals surface area contributed by atoms with Crippen molar-refractivity contribution < 1.29 is 4.74 Å². The minimum Gasteiger partial charge on any atom is -0.496 e. The van der Waals surface area contributed by atoms with Gasteiger partial charge in [0.05, 0.1) is 7.11 Å². The first kappa shape index (κ1) is 23.1. The third-order valence-electron chi connectivity index (χ3n) is 8.03. The highest BCUT2D eigenvalue weighted by atomic mass is 16.5. The molecule has 0 aromatic heterocycles. The Morgan fingerprint density at radius 3 is 2.03 bits per heavy atom. The highest BCUT2D eigenvalue weighted by Gasteiger charge is 2.46. The Labute approximate surface area is 205 Å². The largest absolute Gasteiger partial charge is 0.496 e. The molecule has 3 nitrogen and oxygen atoms in total. The summed E-state index contributed by atoms with van der Waals surface area (Å²) in [6.07, 6.45) is 2.57. The Hall–Kier alpha value is -2.62. The van der Waals surface area contributed by atoms with Gasteiger partial charge in [-0.05, 0) is 60.5 Å². The van der Waals surface area contributed by atoms with Crippen LogP contribution >= 0.6 is 0 Å². The van der Waals surface area contributed by atoms with Crippen LogP contribution in [0, 0.1) is 5.92 Å². The number of hydrogen-bond acceptors (Lipinski definition) is 3. The molecule has 0 spiro atoms. The molecule has 3 aromatic rings. The lowest BCUT2D eigenvalue weighted by atomic mass is 9.70. The van der Waals surface area contributed by atoms with E-state index in [0.29, 0.717) is 29.8 Å². The van der Waals surface area contributed by atoms with Crippen LogP contribution in [0.3, 0.4) is 0 Å². The van der Waals surface area contributed by atoms with Gasteiger partial charge in [-0.15, -0.1) is 0 Å². The van der Waals surface area contributed by atoms with Gasteiger partial charge in [0.15, 0.2) is 0 Å². The second-order valence-electron chi connectivity index (χ2n) is 10.3. The van der Waals surface area contributed by atoms with Crippen LogP contribution in [0.4, 0.5) is 0 Å². The molecule has 0 aliphatic carbocycles. The van der Waals surface area contributed by atoms with Gasteiger partial charge in [-0.3, -0.25) is 4.90 Å². The van der Waals surface area contributed by atoms with Gasteiger partial charge in [0.25, 0.3) is 0 Å². The summed E-state index contributed by atoms with van der Waals surface area (Å²) in [4.78, 5) is 2.75. The lowest BCUT2D eigenvalue weighted by Crippen LogP contribution is -2.64. The molecule has 3 heterocycles. The molecule has 1 N–H and O–H groups in total. The van der Waals surface area contributed by atoms with Crippen molar-refractivity contribution in [2.45, 2.75) is 57.2 Å². The molecule has 0 unspecified atom stereocenters. The zero-order valence-corrected chi connectivity index (χ0v) is 20.8. The van der Waals surface area contributed by atoms with Gasteiger partial charge >= 0.3 is 0 Å². The summed E-state index contributed by atoms with van der Waals surface area (Å²) in [5.74, 6) is 2.56. The van der Waals surface area contributed by atoms with Crippen LogP contribution in [0.2, 0.25) is 0 Å². The SMILES string of the molecule is COc1ccc(C(C)C)cc1CN[C@H]1C2CCN(CC2)[C@@H]1C(c1ccccc1)c1ccccc1. The summed E-state index contributed by atoms with van der Waals surface area (Å²) in [6, 6.07) is 29.8. The third-order valence-corrected chi connectivity index (χ3v) is 8.03. The van der Waals surface area contributed by atoms with E-state index in [-0.39, 0.29) is 0 Å². The molecule has 3 aliphatic rings. The number of piperidine rings is 3. The van der Waals surface area contributed by atoms with E-state index in [9.17, 15) is 0 Å². The van der Waals surface area contributed by atoms with Crippen molar-refractivity contribution in [3.8, 4) is 5.75 Å². The van der Waals surface area contributed by atoms with E-state index in [4.69, 9.17) is 4.74 Å². The van der Waals surface area contributed by atoms with Gasteiger partial charge in [0.1, 0.15) is 5.75 Å². The summed E-state index contributed by atoms with van der Waals surface area (Å²) in [5.41, 5.74) is 5.46. The highest BCUT2D eigenvalue weighted by Crippen LogP contribution is 2.42. The van der Waals surface area contributed by atoms with E-state index in [1.54, 1.807) is 7.11 Å². The number of methoxy groups -OCH3 is 1. The summed E-state index contributed by atoms with van der Waals surface area (Å²) in [5, 5.41) is 4.06. The van der Waals surface area contributed by atoms with E-state index >= 15 is 0 Å². The quantitative estimate of drug-likeness (QED) is 0.438. The van der Waals surface area contributed by atoms with E-state index < -0.39 is 0 Å². The van der Waals surface area contributed by atoms with Gasteiger partial charge in [-0.25, -0.2) is 0 Å². The maximum absolute atomic E-state index is 5.74. The monoisotopic (exact) mass is 454 g/mol. The van der Waals surface area contributed by atoms with Crippen molar-refractivity contribution in [1.29, 1.82) is 0 Å². The van der Waals surface area contributed by atoms with Gasteiger partial charge in [-0.2, -0.15) is 0 Å². The molecular formula is C31H38N2O. The maximum atomic E-state index is 5.74. The molecule has 3 aliphatic heterocycles. The Morgan fingerprint density at radius 2 is 1.47 bits per heavy atom. The molecule has 34 heavy (non-hydrogen) atoms. The van der Waals surface area contributed by atoms with Crippen molar-refractivity contribution >= 4 is 0 Å². The average Bonchev–Trinajstić information content (AvgIpc) is 2.89. The standard InChI is InChI=1S/C31H38N2O/c1-22(2)26-14-15-28(34-3)27(20-26)21-32-30-25-16-18-33(19-17-25)31(30)29(23-10-6-4-7-11-23)24-12-8-5-9-13-24/h4-15,20,22,25,29-32H,16-19,21H2,1-3H3/t30-,31+/m0/s1. The summed E-state index contributed by atoms with van der Waals surface area (Å²) < 4.78 is 5.74. The topological polar surface area (TPSA) is 24.5 Å². The minimum absolute atomic E-state index is 0.354. The van der Waals surface area contributed by atoms with Crippen LogP contribution in [0.5, 0.6) is 5.75 Å². The molecule has 0 radical (unpaired) electrons. The number of hydrogen-bond donors (Lipinski definition) is 1. The minimum atomic E-state index is 0.354. The molecule has 0 amide bonds. The van der Waals surface area contributed by atoms with E-state index in [0.717, 1.165) is 12.3 Å². The van der Waals surface area contributed by atoms with Crippen LogP contribution in [-0.4, -0.2) is 37.2 Å². The predicted octanol–water partition coefficient (Wildman–Crippen LogP) is 6.20. The first-order valence-corrected chi connectivity index (χ1v) is 12.9. The highest BCUT2D eigenvalue weighted by molar-refractivity contribution is 5.39. The summed E-state index contributed by atoms with van der Waals surface area (Å²) in [7, 11) is 1.78. The van der Waals surface area contributed by atoms with Crippen LogP contribution in [-0.2, 0) is 6.54 Å². The van der Waals surface area contributed by atoms with Gasteiger partial charge in [0.2, 0.25) is 0 Å². The Morgan fingerprint density at radius 1 is 0.853 bits per heavy atom. The molecule has 6 rings (SSSR count). The first-order chi connectivity index (χ1) is 16.7. The van der Waals surface area contributed by atoms with Gasteiger partial charge < -0.3 is 10.1 Å². The molecule has 2 atom stereocenters. The van der Waals surface area contributed by atoms with Crippen LogP contribution in [0.25, 0.3) is 0 Å². The smallest absolute Gasteiger partial charge is 0.123 e. The van der Waals surface area contributed by atoms with Crippen molar-refractivity contribution in [2.24, 2.45) is 5.92 Å².